The van der Waals surface area contributed by atoms with Gasteiger partial charge in [0.25, 0.3) is 0 Å². The first-order chi connectivity index (χ1) is 11.7. The van der Waals surface area contributed by atoms with Gasteiger partial charge < -0.3 is 0 Å². The van der Waals surface area contributed by atoms with Gasteiger partial charge in [-0.15, -0.1) is 0 Å². The molecule has 0 saturated carbocycles. The van der Waals surface area contributed by atoms with Crippen LogP contribution >= 0.6 is 7.92 Å². The summed E-state index contributed by atoms with van der Waals surface area (Å²) < 4.78 is 0. The number of allylic oxidation sites excluding steroid dienone is 3. The van der Waals surface area contributed by atoms with Crippen molar-refractivity contribution in [3.63, 3.8) is 0 Å². The number of benzene rings is 2. The van der Waals surface area contributed by atoms with Crippen LogP contribution in [-0.4, -0.2) is 0 Å². The Morgan fingerprint density at radius 3 is 1.52 bits per heavy atom. The van der Waals surface area contributed by atoms with E-state index in [1.54, 1.807) is 0 Å². The van der Waals surface area contributed by atoms with Crippen molar-refractivity contribution in [3.8, 4) is 0 Å². The standard InChI is InChI=1S/C24H31P/c1-23(2,3)18-17-20(24(4,5)6)19-25(21-13-9-7-10-14-21)22-15-11-8-12-16-22/h7-19H,1-6H3/b18-17+,20-19+. The highest BCUT2D eigenvalue weighted by Crippen LogP contribution is 2.41. The molecule has 2 rings (SSSR count). The van der Waals surface area contributed by atoms with Crippen molar-refractivity contribution < 1.29 is 0 Å². The molecule has 0 heterocycles. The molecule has 0 aromatic heterocycles. The van der Waals surface area contributed by atoms with E-state index in [1.165, 1.54) is 16.2 Å². The molecule has 0 fully saturated rings. The predicted octanol–water partition coefficient (Wildman–Crippen LogP) is 6.65. The third kappa shape index (κ3) is 6.29. The predicted molar refractivity (Wildman–Crippen MR) is 115 cm³/mol. The van der Waals surface area contributed by atoms with E-state index in [0.717, 1.165) is 0 Å². The Kier molecular flexibility index (Phi) is 6.42. The highest BCUT2D eigenvalue weighted by Gasteiger charge is 2.19. The van der Waals surface area contributed by atoms with Crippen LogP contribution in [0.15, 0.2) is 84.2 Å². The van der Waals surface area contributed by atoms with Crippen LogP contribution < -0.4 is 10.6 Å². The average Bonchev–Trinajstić information content (AvgIpc) is 2.54. The Bertz CT molecular complexity index is 671. The molecule has 0 saturated heterocycles. The molecule has 0 spiro atoms. The molecule has 0 N–H and O–H groups in total. The lowest BCUT2D eigenvalue weighted by Gasteiger charge is -2.25. The zero-order chi connectivity index (χ0) is 18.5. The van der Waals surface area contributed by atoms with E-state index in [-0.39, 0.29) is 10.8 Å². The summed E-state index contributed by atoms with van der Waals surface area (Å²) in [5.74, 6) is 2.50. The molecular weight excluding hydrogens is 319 g/mol. The molecule has 25 heavy (non-hydrogen) atoms. The minimum atomic E-state index is -0.515. The Morgan fingerprint density at radius 2 is 1.16 bits per heavy atom. The lowest BCUT2D eigenvalue weighted by atomic mass is 9.85. The van der Waals surface area contributed by atoms with Gasteiger partial charge in [-0.3, -0.25) is 0 Å². The second kappa shape index (κ2) is 8.15. The molecule has 0 nitrogen and oxygen atoms in total. The first kappa shape index (κ1) is 19.7. The topological polar surface area (TPSA) is 0 Å². The summed E-state index contributed by atoms with van der Waals surface area (Å²) >= 11 is 0. The first-order valence-electron chi connectivity index (χ1n) is 8.98. The lowest BCUT2D eigenvalue weighted by Crippen LogP contribution is -2.13. The van der Waals surface area contributed by atoms with Crippen LogP contribution in [0.3, 0.4) is 0 Å². The quantitative estimate of drug-likeness (QED) is 0.428. The summed E-state index contributed by atoms with van der Waals surface area (Å²) in [5, 5.41) is 2.80. The van der Waals surface area contributed by atoms with Crippen molar-refractivity contribution in [2.24, 2.45) is 10.8 Å². The molecule has 0 radical (unpaired) electrons. The smallest absolute Gasteiger partial charge is 0.0131 e. The monoisotopic (exact) mass is 350 g/mol. The van der Waals surface area contributed by atoms with Crippen molar-refractivity contribution >= 4 is 18.5 Å². The molecule has 0 atom stereocenters. The van der Waals surface area contributed by atoms with Gasteiger partial charge in [-0.05, 0) is 40.8 Å². The summed E-state index contributed by atoms with van der Waals surface area (Å²) in [6.45, 7) is 13.7. The van der Waals surface area contributed by atoms with Gasteiger partial charge in [-0.1, -0.05) is 114 Å². The van der Waals surface area contributed by atoms with Gasteiger partial charge >= 0.3 is 0 Å². The van der Waals surface area contributed by atoms with Gasteiger partial charge in [-0.2, -0.15) is 0 Å². The molecule has 0 aliphatic rings. The van der Waals surface area contributed by atoms with Crippen molar-refractivity contribution in [2.45, 2.75) is 41.5 Å². The minimum Gasteiger partial charge on any atom is -0.0788 e. The van der Waals surface area contributed by atoms with Gasteiger partial charge in [0.05, 0.1) is 0 Å². The van der Waals surface area contributed by atoms with E-state index in [1.807, 2.05) is 0 Å². The van der Waals surface area contributed by atoms with Gasteiger partial charge in [-0.25, -0.2) is 0 Å². The van der Waals surface area contributed by atoms with E-state index in [9.17, 15) is 0 Å². The summed E-state index contributed by atoms with van der Waals surface area (Å²) in [6, 6.07) is 21.8. The van der Waals surface area contributed by atoms with Crippen LogP contribution in [0.4, 0.5) is 0 Å². The lowest BCUT2D eigenvalue weighted by molar-refractivity contribution is 0.510. The fourth-order valence-electron chi connectivity index (χ4n) is 2.44. The van der Waals surface area contributed by atoms with Crippen molar-refractivity contribution in [3.05, 3.63) is 84.2 Å². The maximum absolute atomic E-state index is 2.50. The number of hydrogen-bond acceptors (Lipinski definition) is 0. The summed E-state index contributed by atoms with van der Waals surface area (Å²) in [5.41, 5.74) is 1.71. The zero-order valence-electron chi connectivity index (χ0n) is 16.5. The van der Waals surface area contributed by atoms with E-state index in [4.69, 9.17) is 0 Å². The maximum atomic E-state index is 2.50. The number of rotatable bonds is 4. The van der Waals surface area contributed by atoms with Crippen LogP contribution in [-0.2, 0) is 0 Å². The van der Waals surface area contributed by atoms with Crippen LogP contribution in [0.5, 0.6) is 0 Å². The van der Waals surface area contributed by atoms with Crippen molar-refractivity contribution in [2.75, 3.05) is 0 Å². The van der Waals surface area contributed by atoms with Crippen molar-refractivity contribution in [1.29, 1.82) is 0 Å². The fourth-order valence-corrected chi connectivity index (χ4v) is 4.78. The van der Waals surface area contributed by atoms with Crippen LogP contribution in [0.1, 0.15) is 41.5 Å². The van der Waals surface area contributed by atoms with Gasteiger partial charge in [0, 0.05) is 0 Å². The molecule has 0 bridgehead atoms. The third-order valence-corrected chi connectivity index (χ3v) is 6.21. The molecule has 0 amide bonds. The Balaban J connectivity index is 2.54. The van der Waals surface area contributed by atoms with Gasteiger partial charge in [0.15, 0.2) is 0 Å². The molecule has 1 heteroatoms. The van der Waals surface area contributed by atoms with Crippen LogP contribution in [0.25, 0.3) is 0 Å². The molecule has 0 aliphatic heterocycles. The molecular formula is C24H31P. The first-order valence-corrected chi connectivity index (χ1v) is 10.4. The average molecular weight is 350 g/mol. The van der Waals surface area contributed by atoms with Gasteiger partial charge in [0.1, 0.15) is 0 Å². The third-order valence-electron chi connectivity index (χ3n) is 3.97. The minimum absolute atomic E-state index is 0.117. The highest BCUT2D eigenvalue weighted by atomic mass is 31.1. The largest absolute Gasteiger partial charge is 0.0788 e. The molecule has 2 aromatic carbocycles. The summed E-state index contributed by atoms with van der Waals surface area (Å²) in [7, 11) is -0.515. The fraction of sp³-hybridized carbons (Fsp3) is 0.333. The second-order valence-electron chi connectivity index (χ2n) is 8.57. The Hall–Kier alpha value is -1.65. The van der Waals surface area contributed by atoms with Crippen molar-refractivity contribution in [1.82, 2.24) is 0 Å². The highest BCUT2D eigenvalue weighted by molar-refractivity contribution is 7.75. The molecule has 132 valence electrons. The van der Waals surface area contributed by atoms with Gasteiger partial charge in [0.2, 0.25) is 0 Å². The van der Waals surface area contributed by atoms with Crippen LogP contribution in [0.2, 0.25) is 0 Å². The summed E-state index contributed by atoms with van der Waals surface area (Å²) in [4.78, 5) is 0. The van der Waals surface area contributed by atoms with Crippen LogP contribution in [0, 0.1) is 10.8 Å². The summed E-state index contributed by atoms with van der Waals surface area (Å²) in [6.07, 6.45) is 4.66. The molecule has 0 unspecified atom stereocenters. The molecule has 0 aliphatic carbocycles. The normalized spacial score (nSPS) is 13.6. The maximum Gasteiger partial charge on any atom is -0.0131 e. The van der Waals surface area contributed by atoms with E-state index in [2.05, 4.69) is 120 Å². The SMILES string of the molecule is CC(C)(C)/C=C/C(=C\P(c1ccccc1)c1ccccc1)C(C)(C)C. The van der Waals surface area contributed by atoms with E-state index >= 15 is 0 Å². The Labute approximate surface area is 155 Å². The van der Waals surface area contributed by atoms with E-state index in [0.29, 0.717) is 0 Å². The molecule has 2 aromatic rings. The van der Waals surface area contributed by atoms with E-state index < -0.39 is 7.92 Å². The zero-order valence-corrected chi connectivity index (χ0v) is 17.3. The number of hydrogen-bond donors (Lipinski definition) is 0. The Morgan fingerprint density at radius 1 is 0.720 bits per heavy atom. The second-order valence-corrected chi connectivity index (χ2v) is 10.6.